The largest absolute Gasteiger partial charge is 0.388 e. The van der Waals surface area contributed by atoms with Crippen LogP contribution >= 0.6 is 0 Å². The van der Waals surface area contributed by atoms with Crippen LogP contribution < -0.4 is 10.2 Å². The van der Waals surface area contributed by atoms with E-state index in [1.807, 2.05) is 96.9 Å². The summed E-state index contributed by atoms with van der Waals surface area (Å²) in [6.07, 6.45) is -0.238. The maximum atomic E-state index is 13.3. The lowest BCUT2D eigenvalue weighted by molar-refractivity contribution is -0.00427. The third-order valence-electron chi connectivity index (χ3n) is 5.82. The summed E-state index contributed by atoms with van der Waals surface area (Å²) in [7, 11) is 1.98. The molecule has 2 N–H and O–H groups in total. The van der Waals surface area contributed by atoms with Crippen molar-refractivity contribution in [3.8, 4) is 0 Å². The number of para-hydroxylation sites is 3. The fourth-order valence-electron chi connectivity index (χ4n) is 4.04. The Labute approximate surface area is 189 Å². The molecule has 0 unspecified atom stereocenters. The fourth-order valence-corrected chi connectivity index (χ4v) is 4.04. The van der Waals surface area contributed by atoms with Gasteiger partial charge in [0, 0.05) is 25.7 Å². The number of hydrogen-bond acceptors (Lipinski definition) is 4. The number of morpholine rings is 1. The first-order valence-electron chi connectivity index (χ1n) is 10.9. The topological polar surface area (TPSA) is 65.0 Å². The van der Waals surface area contributed by atoms with Gasteiger partial charge in [0.1, 0.15) is 0 Å². The van der Waals surface area contributed by atoms with E-state index >= 15 is 0 Å². The first-order chi connectivity index (χ1) is 15.6. The van der Waals surface area contributed by atoms with Crippen molar-refractivity contribution in [2.45, 2.75) is 18.6 Å². The molecule has 1 aliphatic rings. The van der Waals surface area contributed by atoms with Crippen molar-refractivity contribution in [1.82, 2.24) is 4.90 Å². The van der Waals surface area contributed by atoms with Crippen molar-refractivity contribution in [2.75, 3.05) is 37.0 Å². The summed E-state index contributed by atoms with van der Waals surface area (Å²) < 4.78 is 5.63. The van der Waals surface area contributed by atoms with Gasteiger partial charge in [-0.2, -0.15) is 0 Å². The number of carbonyl (C=O) groups excluding carboxylic acids is 1. The standard InChI is InChI=1S/C26H29N3O3/c1-28(21-12-6-3-7-13-21)24-15-9-8-14-23(24)27-26(31)29-16-17-32-19-22(29)18-25(30)20-10-4-2-5-11-20/h2-15,22,25,30H,16-19H2,1H3,(H,27,31)/t22-,25-/m1/s1. The number of urea groups is 1. The highest BCUT2D eigenvalue weighted by molar-refractivity contribution is 5.94. The predicted molar refractivity (Wildman–Crippen MR) is 127 cm³/mol. The monoisotopic (exact) mass is 431 g/mol. The highest BCUT2D eigenvalue weighted by Gasteiger charge is 2.30. The number of anilines is 3. The lowest BCUT2D eigenvalue weighted by Gasteiger charge is -2.37. The molecule has 0 spiro atoms. The summed E-state index contributed by atoms with van der Waals surface area (Å²) in [5, 5.41) is 13.8. The molecule has 32 heavy (non-hydrogen) atoms. The lowest BCUT2D eigenvalue weighted by Crippen LogP contribution is -2.51. The number of hydrogen-bond donors (Lipinski definition) is 2. The molecule has 166 valence electrons. The van der Waals surface area contributed by atoms with Crippen LogP contribution in [0, 0.1) is 0 Å². The molecule has 1 fully saturated rings. The number of aliphatic hydroxyl groups excluding tert-OH is 1. The minimum Gasteiger partial charge on any atom is -0.388 e. The number of carbonyl (C=O) groups is 1. The summed E-state index contributed by atoms with van der Waals surface area (Å²) in [4.78, 5) is 17.1. The molecule has 4 rings (SSSR count). The summed E-state index contributed by atoms with van der Waals surface area (Å²) >= 11 is 0. The summed E-state index contributed by atoms with van der Waals surface area (Å²) in [6, 6.07) is 26.9. The number of benzene rings is 3. The van der Waals surface area contributed by atoms with Gasteiger partial charge in [0.25, 0.3) is 0 Å². The van der Waals surface area contributed by atoms with Gasteiger partial charge in [0.05, 0.1) is 36.7 Å². The van der Waals surface area contributed by atoms with E-state index in [1.165, 1.54) is 0 Å². The minimum absolute atomic E-state index is 0.188. The van der Waals surface area contributed by atoms with E-state index in [9.17, 15) is 9.90 Å². The first kappa shape index (κ1) is 21.9. The molecule has 6 heteroatoms. The Hall–Kier alpha value is -3.35. The molecule has 0 aliphatic carbocycles. The van der Waals surface area contributed by atoms with E-state index in [1.54, 1.807) is 4.90 Å². The van der Waals surface area contributed by atoms with Gasteiger partial charge in [0.15, 0.2) is 0 Å². The molecule has 2 amide bonds. The van der Waals surface area contributed by atoms with Gasteiger partial charge >= 0.3 is 6.03 Å². The van der Waals surface area contributed by atoms with Gasteiger partial charge in [-0.25, -0.2) is 4.79 Å². The van der Waals surface area contributed by atoms with E-state index in [0.717, 1.165) is 22.6 Å². The van der Waals surface area contributed by atoms with Crippen molar-refractivity contribution in [3.05, 3.63) is 90.5 Å². The highest BCUT2D eigenvalue weighted by Crippen LogP contribution is 2.31. The van der Waals surface area contributed by atoms with E-state index in [-0.39, 0.29) is 12.1 Å². The number of aliphatic hydroxyl groups is 1. The fraction of sp³-hybridized carbons (Fsp3) is 0.269. The van der Waals surface area contributed by atoms with Gasteiger partial charge < -0.3 is 25.0 Å². The van der Waals surface area contributed by atoms with Crippen LogP contribution in [0.5, 0.6) is 0 Å². The van der Waals surface area contributed by atoms with E-state index in [0.29, 0.717) is 26.2 Å². The van der Waals surface area contributed by atoms with Gasteiger partial charge in [0.2, 0.25) is 0 Å². The molecule has 0 bridgehead atoms. The average molecular weight is 432 g/mol. The summed E-state index contributed by atoms with van der Waals surface area (Å²) in [5.41, 5.74) is 3.51. The van der Waals surface area contributed by atoms with Crippen LogP contribution in [0.15, 0.2) is 84.9 Å². The van der Waals surface area contributed by atoms with Gasteiger partial charge in [-0.3, -0.25) is 0 Å². The first-order valence-corrected chi connectivity index (χ1v) is 10.9. The Morgan fingerprint density at radius 1 is 1.06 bits per heavy atom. The second-order valence-corrected chi connectivity index (χ2v) is 7.93. The van der Waals surface area contributed by atoms with E-state index in [4.69, 9.17) is 4.74 Å². The van der Waals surface area contributed by atoms with Gasteiger partial charge in [-0.05, 0) is 29.8 Å². The quantitative estimate of drug-likeness (QED) is 0.588. The van der Waals surface area contributed by atoms with Crippen molar-refractivity contribution in [3.63, 3.8) is 0 Å². The molecular formula is C26H29N3O3. The molecule has 6 nitrogen and oxygen atoms in total. The Morgan fingerprint density at radius 2 is 1.72 bits per heavy atom. The lowest BCUT2D eigenvalue weighted by atomic mass is 10.0. The molecule has 0 saturated carbocycles. The van der Waals surface area contributed by atoms with Crippen LogP contribution in [0.1, 0.15) is 18.1 Å². The van der Waals surface area contributed by atoms with Crippen molar-refractivity contribution >= 4 is 23.1 Å². The number of ether oxygens (including phenoxy) is 1. The third kappa shape index (κ3) is 5.10. The van der Waals surface area contributed by atoms with Gasteiger partial charge in [-0.15, -0.1) is 0 Å². The van der Waals surface area contributed by atoms with E-state index < -0.39 is 6.10 Å². The van der Waals surface area contributed by atoms with Crippen molar-refractivity contribution < 1.29 is 14.6 Å². The van der Waals surface area contributed by atoms with Crippen LogP contribution in [0.2, 0.25) is 0 Å². The van der Waals surface area contributed by atoms with Crippen LogP contribution in [0.3, 0.4) is 0 Å². The average Bonchev–Trinajstić information content (AvgIpc) is 2.85. The number of nitrogens with one attached hydrogen (secondary N) is 1. The van der Waals surface area contributed by atoms with Crippen molar-refractivity contribution in [1.29, 1.82) is 0 Å². The maximum absolute atomic E-state index is 13.3. The van der Waals surface area contributed by atoms with Crippen LogP contribution in [-0.4, -0.2) is 48.9 Å². The molecule has 3 aromatic carbocycles. The zero-order valence-electron chi connectivity index (χ0n) is 18.2. The second-order valence-electron chi connectivity index (χ2n) is 7.93. The number of amides is 2. The Balaban J connectivity index is 1.49. The summed E-state index contributed by atoms with van der Waals surface area (Å²) in [6.45, 7) is 1.37. The van der Waals surface area contributed by atoms with Gasteiger partial charge in [-0.1, -0.05) is 60.7 Å². The molecular weight excluding hydrogens is 402 g/mol. The Bertz CT molecular complexity index is 1010. The molecule has 1 saturated heterocycles. The third-order valence-corrected chi connectivity index (χ3v) is 5.82. The maximum Gasteiger partial charge on any atom is 0.322 e. The molecule has 0 aromatic heterocycles. The SMILES string of the molecule is CN(c1ccccc1)c1ccccc1NC(=O)N1CCOC[C@H]1C[C@@H](O)c1ccccc1. The normalized spacial score (nSPS) is 16.9. The smallest absolute Gasteiger partial charge is 0.322 e. The Morgan fingerprint density at radius 3 is 2.47 bits per heavy atom. The minimum atomic E-state index is -0.658. The molecule has 0 radical (unpaired) electrons. The van der Waals surface area contributed by atoms with Crippen LogP contribution in [0.25, 0.3) is 0 Å². The molecule has 1 aliphatic heterocycles. The molecule has 2 atom stereocenters. The van der Waals surface area contributed by atoms with E-state index in [2.05, 4.69) is 5.32 Å². The number of rotatable bonds is 6. The van der Waals surface area contributed by atoms with Crippen LogP contribution in [-0.2, 0) is 4.74 Å². The second kappa shape index (κ2) is 10.3. The predicted octanol–water partition coefficient (Wildman–Crippen LogP) is 4.81. The Kier molecular flexibility index (Phi) is 7.04. The zero-order chi connectivity index (χ0) is 22.3. The molecule has 3 aromatic rings. The molecule has 1 heterocycles. The summed E-state index contributed by atoms with van der Waals surface area (Å²) in [5.74, 6) is 0. The van der Waals surface area contributed by atoms with Crippen molar-refractivity contribution in [2.24, 2.45) is 0 Å². The number of nitrogens with zero attached hydrogens (tertiary/aromatic N) is 2. The zero-order valence-corrected chi connectivity index (χ0v) is 18.2. The highest BCUT2D eigenvalue weighted by atomic mass is 16.5. The van der Waals surface area contributed by atoms with Crippen LogP contribution in [0.4, 0.5) is 21.9 Å².